The number of aliphatic hydroxyl groups excluding tert-OH is 1. The van der Waals surface area contributed by atoms with Crippen LogP contribution in [0, 0.1) is 0 Å². The van der Waals surface area contributed by atoms with Gasteiger partial charge in [-0.15, -0.1) is 0 Å². The molecule has 0 spiro atoms. The quantitative estimate of drug-likeness (QED) is 0.304. The summed E-state index contributed by atoms with van der Waals surface area (Å²) in [5.41, 5.74) is 0. The predicted octanol–water partition coefficient (Wildman–Crippen LogP) is 4.24. The van der Waals surface area contributed by atoms with Crippen molar-refractivity contribution in [3.63, 3.8) is 0 Å². The lowest BCUT2D eigenvalue weighted by Gasteiger charge is -2.43. The van der Waals surface area contributed by atoms with Gasteiger partial charge in [0.25, 0.3) is 8.32 Å². The number of nitrogens with one attached hydrogen (secondary N) is 1. The molecule has 4 heteroatoms. The van der Waals surface area contributed by atoms with E-state index < -0.39 is 8.32 Å². The molecule has 2 aromatic carbocycles. The van der Waals surface area contributed by atoms with E-state index in [4.69, 9.17) is 9.53 Å². The molecule has 0 amide bonds. The summed E-state index contributed by atoms with van der Waals surface area (Å²) in [4.78, 5) is 0. The van der Waals surface area contributed by atoms with Crippen molar-refractivity contribution in [2.75, 3.05) is 13.2 Å². The van der Waals surface area contributed by atoms with Crippen LogP contribution >= 0.6 is 0 Å². The molecule has 2 aromatic rings. The molecular formula is C26H39NO2Si. The van der Waals surface area contributed by atoms with Crippen molar-refractivity contribution in [2.45, 2.75) is 76.4 Å². The second-order valence-electron chi connectivity index (χ2n) is 9.63. The summed E-state index contributed by atoms with van der Waals surface area (Å²) in [7, 11) is -2.38. The Labute approximate surface area is 184 Å². The molecule has 1 fully saturated rings. The maximum Gasteiger partial charge on any atom is 0.261 e. The van der Waals surface area contributed by atoms with Crippen LogP contribution in [0.1, 0.15) is 59.3 Å². The van der Waals surface area contributed by atoms with Crippen molar-refractivity contribution in [3.8, 4) is 0 Å². The van der Waals surface area contributed by atoms with Gasteiger partial charge in [-0.2, -0.15) is 0 Å². The highest BCUT2D eigenvalue weighted by Gasteiger charge is 2.49. The van der Waals surface area contributed by atoms with Gasteiger partial charge in [0.15, 0.2) is 0 Å². The lowest BCUT2D eigenvalue weighted by Crippen LogP contribution is -2.66. The number of hydrogen-bond acceptors (Lipinski definition) is 3. The Balaban J connectivity index is 1.57. The first kappa shape index (κ1) is 23.2. The molecule has 2 atom stereocenters. The third-order valence-electron chi connectivity index (χ3n) is 6.40. The minimum absolute atomic E-state index is 0.0518. The maximum atomic E-state index is 9.09. The zero-order valence-corrected chi connectivity index (χ0v) is 19.9. The third kappa shape index (κ3) is 5.61. The topological polar surface area (TPSA) is 51.4 Å². The number of aliphatic hydroxyl groups is 1. The largest absolute Gasteiger partial charge is 0.407 e. The van der Waals surface area contributed by atoms with E-state index in [0.717, 1.165) is 13.0 Å². The summed E-state index contributed by atoms with van der Waals surface area (Å²) < 4.78 is 6.95. The van der Waals surface area contributed by atoms with Crippen molar-refractivity contribution >= 4 is 18.7 Å². The molecule has 30 heavy (non-hydrogen) atoms. The van der Waals surface area contributed by atoms with Crippen LogP contribution in [0.15, 0.2) is 60.7 Å². The van der Waals surface area contributed by atoms with Crippen LogP contribution in [-0.4, -0.2) is 38.7 Å². The number of hydrogen-bond donors (Lipinski definition) is 2. The standard InChI is InChI=1S/C26H39NO2Si/c1-26(2,3)30(22-15-9-7-10-16-22,23-17-11-8-12-18-23)29-20-14-6-4-5-13-19-24-25(21-28)27-24/h7-12,15-18,24-25,27-28H,4-6,13-14,19-21H2,1-3H3/t24-,25-/m1/s1. The van der Waals surface area contributed by atoms with Crippen molar-refractivity contribution in [2.24, 2.45) is 0 Å². The van der Waals surface area contributed by atoms with Crippen LogP contribution in [0.5, 0.6) is 0 Å². The number of benzene rings is 2. The fourth-order valence-corrected chi connectivity index (χ4v) is 9.27. The Kier molecular flexibility index (Phi) is 8.29. The molecule has 3 rings (SSSR count). The van der Waals surface area contributed by atoms with E-state index in [9.17, 15) is 0 Å². The Bertz CT molecular complexity index is 705. The zero-order valence-electron chi connectivity index (χ0n) is 18.9. The molecular weight excluding hydrogens is 386 g/mol. The second kappa shape index (κ2) is 10.7. The predicted molar refractivity (Wildman–Crippen MR) is 129 cm³/mol. The normalized spacial score (nSPS) is 19.1. The molecule has 164 valence electrons. The molecule has 1 aliphatic rings. The van der Waals surface area contributed by atoms with Gasteiger partial charge in [0.05, 0.1) is 6.61 Å². The highest BCUT2D eigenvalue weighted by Crippen LogP contribution is 2.36. The Hall–Kier alpha value is -1.46. The Morgan fingerprint density at radius 3 is 1.83 bits per heavy atom. The van der Waals surface area contributed by atoms with Crippen LogP contribution < -0.4 is 15.7 Å². The number of unbranched alkanes of at least 4 members (excludes halogenated alkanes) is 4. The second-order valence-corrected chi connectivity index (χ2v) is 13.9. The molecule has 1 saturated heterocycles. The molecule has 0 aromatic heterocycles. The average molecular weight is 426 g/mol. The first-order chi connectivity index (χ1) is 14.5. The minimum Gasteiger partial charge on any atom is -0.407 e. The highest BCUT2D eigenvalue weighted by molar-refractivity contribution is 6.99. The van der Waals surface area contributed by atoms with E-state index in [0.29, 0.717) is 12.1 Å². The summed E-state index contributed by atoms with van der Waals surface area (Å²) in [6.45, 7) is 8.12. The van der Waals surface area contributed by atoms with Gasteiger partial charge in [0, 0.05) is 18.7 Å². The molecule has 3 nitrogen and oxygen atoms in total. The summed E-state index contributed by atoms with van der Waals surface area (Å²) in [6.07, 6.45) is 7.33. The lowest BCUT2D eigenvalue weighted by molar-refractivity contribution is 0.286. The van der Waals surface area contributed by atoms with E-state index in [-0.39, 0.29) is 11.6 Å². The minimum atomic E-state index is -2.38. The van der Waals surface area contributed by atoms with E-state index in [1.165, 1.54) is 42.5 Å². The smallest absolute Gasteiger partial charge is 0.261 e. The lowest BCUT2D eigenvalue weighted by atomic mass is 10.1. The fourth-order valence-electron chi connectivity index (χ4n) is 4.67. The third-order valence-corrected chi connectivity index (χ3v) is 11.4. The zero-order chi connectivity index (χ0) is 21.5. The van der Waals surface area contributed by atoms with Crippen LogP contribution in [0.3, 0.4) is 0 Å². The van der Waals surface area contributed by atoms with E-state index in [2.05, 4.69) is 86.8 Å². The molecule has 1 heterocycles. The van der Waals surface area contributed by atoms with Crippen molar-refractivity contribution in [1.29, 1.82) is 0 Å². The van der Waals surface area contributed by atoms with Gasteiger partial charge in [0.1, 0.15) is 0 Å². The molecule has 0 aliphatic carbocycles. The molecule has 0 saturated carbocycles. The van der Waals surface area contributed by atoms with Gasteiger partial charge in [0.2, 0.25) is 0 Å². The Morgan fingerprint density at radius 2 is 1.33 bits per heavy atom. The molecule has 1 aliphatic heterocycles. The Morgan fingerprint density at radius 1 is 0.800 bits per heavy atom. The van der Waals surface area contributed by atoms with Crippen molar-refractivity contribution < 1.29 is 9.53 Å². The highest BCUT2D eigenvalue weighted by atomic mass is 28.4. The summed E-state index contributed by atoms with van der Waals surface area (Å²) in [5.74, 6) is 0. The summed E-state index contributed by atoms with van der Waals surface area (Å²) in [5, 5.41) is 15.2. The van der Waals surface area contributed by atoms with Gasteiger partial charge >= 0.3 is 0 Å². The number of rotatable bonds is 12. The van der Waals surface area contributed by atoms with Gasteiger partial charge in [-0.1, -0.05) is 107 Å². The summed E-state index contributed by atoms with van der Waals surface area (Å²) in [6, 6.07) is 22.7. The van der Waals surface area contributed by atoms with E-state index >= 15 is 0 Å². The summed E-state index contributed by atoms with van der Waals surface area (Å²) >= 11 is 0. The van der Waals surface area contributed by atoms with Gasteiger partial charge in [-0.3, -0.25) is 0 Å². The van der Waals surface area contributed by atoms with Crippen LogP contribution in [0.2, 0.25) is 5.04 Å². The van der Waals surface area contributed by atoms with E-state index in [1.54, 1.807) is 0 Å². The molecule has 0 unspecified atom stereocenters. The fraction of sp³-hybridized carbons (Fsp3) is 0.538. The SMILES string of the molecule is CC(C)(C)[Si](OCCCCCCC[C@H]1N[C@@H]1CO)(c1ccccc1)c1ccccc1. The van der Waals surface area contributed by atoms with Gasteiger partial charge in [-0.05, 0) is 28.3 Å². The van der Waals surface area contributed by atoms with Gasteiger partial charge in [-0.25, -0.2) is 0 Å². The molecule has 2 N–H and O–H groups in total. The molecule has 0 radical (unpaired) electrons. The van der Waals surface area contributed by atoms with Gasteiger partial charge < -0.3 is 14.8 Å². The first-order valence-corrected chi connectivity index (χ1v) is 13.5. The van der Waals surface area contributed by atoms with Crippen LogP contribution in [0.25, 0.3) is 0 Å². The van der Waals surface area contributed by atoms with Crippen LogP contribution in [0.4, 0.5) is 0 Å². The van der Waals surface area contributed by atoms with Crippen molar-refractivity contribution in [3.05, 3.63) is 60.7 Å². The monoisotopic (exact) mass is 425 g/mol. The van der Waals surface area contributed by atoms with Crippen molar-refractivity contribution in [1.82, 2.24) is 5.32 Å². The molecule has 0 bridgehead atoms. The van der Waals surface area contributed by atoms with Crippen LogP contribution in [-0.2, 0) is 4.43 Å². The maximum absolute atomic E-state index is 9.09. The average Bonchev–Trinajstić information content (AvgIpc) is 3.52. The first-order valence-electron chi connectivity index (χ1n) is 11.6. The van der Waals surface area contributed by atoms with E-state index in [1.807, 2.05) is 0 Å².